The Balaban J connectivity index is 1.81. The van der Waals surface area contributed by atoms with Gasteiger partial charge in [0.15, 0.2) is 0 Å². The van der Waals surface area contributed by atoms with Crippen molar-refractivity contribution in [2.45, 2.75) is 32.0 Å². The number of hydrogen-bond acceptors (Lipinski definition) is 2. The van der Waals surface area contributed by atoms with E-state index < -0.39 is 12.7 Å². The van der Waals surface area contributed by atoms with E-state index in [1.54, 1.807) is 0 Å². The van der Waals surface area contributed by atoms with Crippen molar-refractivity contribution in [1.82, 2.24) is 4.90 Å². The minimum Gasteiger partial charge on any atom is -0.384 e. The van der Waals surface area contributed by atoms with Crippen LogP contribution < -0.4 is 5.32 Å². The molecule has 5 heteroatoms. The summed E-state index contributed by atoms with van der Waals surface area (Å²) in [7, 11) is 0. The van der Waals surface area contributed by atoms with E-state index in [9.17, 15) is 13.2 Å². The molecule has 0 bridgehead atoms. The fourth-order valence-electron chi connectivity index (χ4n) is 2.17. The zero-order chi connectivity index (χ0) is 13.9. The van der Waals surface area contributed by atoms with E-state index in [0.29, 0.717) is 13.1 Å². The number of aryl methyl sites for hydroxylation is 1. The number of rotatable bonds is 6. The third-order valence-corrected chi connectivity index (χ3v) is 3.31. The molecule has 0 heterocycles. The first-order valence-corrected chi connectivity index (χ1v) is 6.56. The highest BCUT2D eigenvalue weighted by Gasteiger charge is 2.37. The molecule has 0 saturated heterocycles. The van der Waals surface area contributed by atoms with Gasteiger partial charge in [-0.2, -0.15) is 13.2 Å². The standard InChI is InChI=1S/C14H19F3N2/c1-11-4-2-3-5-13(11)18-8-9-19(12-6-7-12)10-14(15,16)17/h2-5,12,18H,6-10H2,1H3. The van der Waals surface area contributed by atoms with Crippen LogP contribution in [0, 0.1) is 6.92 Å². The molecule has 0 aliphatic heterocycles. The minimum absolute atomic E-state index is 0.125. The molecule has 1 aromatic rings. The molecular formula is C14H19F3N2. The molecule has 1 aliphatic carbocycles. The van der Waals surface area contributed by atoms with E-state index in [4.69, 9.17) is 0 Å². The smallest absolute Gasteiger partial charge is 0.384 e. The monoisotopic (exact) mass is 272 g/mol. The Kier molecular flexibility index (Phi) is 4.34. The Hall–Kier alpha value is -1.23. The second-order valence-corrected chi connectivity index (χ2v) is 5.06. The highest BCUT2D eigenvalue weighted by molar-refractivity contribution is 5.50. The first-order chi connectivity index (χ1) is 8.96. The topological polar surface area (TPSA) is 15.3 Å². The maximum atomic E-state index is 12.4. The molecule has 0 amide bonds. The third kappa shape index (κ3) is 4.74. The van der Waals surface area contributed by atoms with Crippen LogP contribution in [0.2, 0.25) is 0 Å². The third-order valence-electron chi connectivity index (χ3n) is 3.31. The lowest BCUT2D eigenvalue weighted by Gasteiger charge is -2.23. The lowest BCUT2D eigenvalue weighted by atomic mass is 10.2. The molecule has 1 fully saturated rings. The van der Waals surface area contributed by atoms with Gasteiger partial charge in [0.05, 0.1) is 6.54 Å². The molecule has 2 nitrogen and oxygen atoms in total. The number of para-hydroxylation sites is 1. The number of nitrogens with zero attached hydrogens (tertiary/aromatic N) is 1. The fourth-order valence-corrected chi connectivity index (χ4v) is 2.17. The number of halogens is 3. The van der Waals surface area contributed by atoms with Crippen molar-refractivity contribution in [2.75, 3.05) is 25.0 Å². The number of hydrogen-bond donors (Lipinski definition) is 1. The van der Waals surface area contributed by atoms with Gasteiger partial charge in [-0.1, -0.05) is 18.2 Å². The summed E-state index contributed by atoms with van der Waals surface area (Å²) in [4.78, 5) is 1.53. The van der Waals surface area contributed by atoms with Crippen LogP contribution in [0.25, 0.3) is 0 Å². The number of anilines is 1. The lowest BCUT2D eigenvalue weighted by Crippen LogP contribution is -2.38. The van der Waals surface area contributed by atoms with Gasteiger partial charge in [-0.25, -0.2) is 0 Å². The predicted octanol–water partition coefficient (Wildman–Crippen LogP) is 3.43. The van der Waals surface area contributed by atoms with E-state index >= 15 is 0 Å². The summed E-state index contributed by atoms with van der Waals surface area (Å²) in [6.45, 7) is 2.15. The summed E-state index contributed by atoms with van der Waals surface area (Å²) >= 11 is 0. The van der Waals surface area contributed by atoms with Gasteiger partial charge in [0.2, 0.25) is 0 Å². The van der Waals surface area contributed by atoms with Crippen molar-refractivity contribution in [2.24, 2.45) is 0 Å². The molecule has 0 aromatic heterocycles. The van der Waals surface area contributed by atoms with Crippen molar-refractivity contribution in [3.8, 4) is 0 Å². The van der Waals surface area contributed by atoms with Gasteiger partial charge in [-0.3, -0.25) is 4.90 Å². The van der Waals surface area contributed by atoms with Crippen LogP contribution in [-0.4, -0.2) is 36.8 Å². The normalized spacial score (nSPS) is 15.8. The quantitative estimate of drug-likeness (QED) is 0.853. The zero-order valence-electron chi connectivity index (χ0n) is 11.0. The molecule has 1 aromatic carbocycles. The van der Waals surface area contributed by atoms with Gasteiger partial charge in [0.25, 0.3) is 0 Å². The summed E-state index contributed by atoms with van der Waals surface area (Å²) in [5.41, 5.74) is 2.10. The van der Waals surface area contributed by atoms with Crippen LogP contribution in [0.3, 0.4) is 0 Å². The Morgan fingerprint density at radius 2 is 1.95 bits per heavy atom. The minimum atomic E-state index is -4.11. The average molecular weight is 272 g/mol. The van der Waals surface area contributed by atoms with E-state index in [-0.39, 0.29) is 6.04 Å². The average Bonchev–Trinajstić information content (AvgIpc) is 3.12. The van der Waals surface area contributed by atoms with E-state index in [0.717, 1.165) is 24.1 Å². The van der Waals surface area contributed by atoms with E-state index in [1.807, 2.05) is 31.2 Å². The molecule has 106 valence electrons. The SMILES string of the molecule is Cc1ccccc1NCCN(CC(F)(F)F)C1CC1. The van der Waals surface area contributed by atoms with Crippen molar-refractivity contribution in [3.05, 3.63) is 29.8 Å². The van der Waals surface area contributed by atoms with Crippen molar-refractivity contribution in [1.29, 1.82) is 0 Å². The molecule has 0 atom stereocenters. The Morgan fingerprint density at radius 1 is 1.26 bits per heavy atom. The van der Waals surface area contributed by atoms with Crippen molar-refractivity contribution >= 4 is 5.69 Å². The lowest BCUT2D eigenvalue weighted by molar-refractivity contribution is -0.146. The van der Waals surface area contributed by atoms with Gasteiger partial charge in [0.1, 0.15) is 0 Å². The molecule has 0 spiro atoms. The highest BCUT2D eigenvalue weighted by atomic mass is 19.4. The number of alkyl halides is 3. The summed E-state index contributed by atoms with van der Waals surface area (Å²) in [5, 5.41) is 3.20. The summed E-state index contributed by atoms with van der Waals surface area (Å²) in [5.74, 6) is 0. The maximum absolute atomic E-state index is 12.4. The van der Waals surface area contributed by atoms with Gasteiger partial charge in [-0.05, 0) is 31.4 Å². The summed E-state index contributed by atoms with van der Waals surface area (Å²) < 4.78 is 37.3. The van der Waals surface area contributed by atoms with Crippen LogP contribution >= 0.6 is 0 Å². The van der Waals surface area contributed by atoms with Gasteiger partial charge in [-0.15, -0.1) is 0 Å². The van der Waals surface area contributed by atoms with Crippen LogP contribution in [0.5, 0.6) is 0 Å². The summed E-state index contributed by atoms with van der Waals surface area (Å²) in [6.07, 6.45) is -2.33. The maximum Gasteiger partial charge on any atom is 0.401 e. The predicted molar refractivity (Wildman–Crippen MR) is 70.3 cm³/mol. The second-order valence-electron chi connectivity index (χ2n) is 5.06. The Labute approximate surface area is 111 Å². The number of nitrogens with one attached hydrogen (secondary N) is 1. The first kappa shape index (κ1) is 14.2. The molecular weight excluding hydrogens is 253 g/mol. The number of benzene rings is 1. The first-order valence-electron chi connectivity index (χ1n) is 6.56. The van der Waals surface area contributed by atoms with Crippen LogP contribution in [-0.2, 0) is 0 Å². The Bertz CT molecular complexity index is 413. The van der Waals surface area contributed by atoms with Crippen LogP contribution in [0.4, 0.5) is 18.9 Å². The van der Waals surface area contributed by atoms with Crippen LogP contribution in [0.1, 0.15) is 18.4 Å². The van der Waals surface area contributed by atoms with Gasteiger partial charge >= 0.3 is 6.18 Å². The summed E-state index contributed by atoms with van der Waals surface area (Å²) in [6, 6.07) is 7.92. The second kappa shape index (κ2) is 5.82. The zero-order valence-corrected chi connectivity index (χ0v) is 11.0. The largest absolute Gasteiger partial charge is 0.401 e. The Morgan fingerprint density at radius 3 is 2.53 bits per heavy atom. The van der Waals surface area contributed by atoms with E-state index in [2.05, 4.69) is 5.32 Å². The van der Waals surface area contributed by atoms with E-state index in [1.165, 1.54) is 4.90 Å². The fraction of sp³-hybridized carbons (Fsp3) is 0.571. The molecule has 0 radical (unpaired) electrons. The molecule has 1 N–H and O–H groups in total. The van der Waals surface area contributed by atoms with Gasteiger partial charge < -0.3 is 5.32 Å². The molecule has 1 aliphatic rings. The molecule has 0 unspecified atom stereocenters. The molecule has 19 heavy (non-hydrogen) atoms. The van der Waals surface area contributed by atoms with Gasteiger partial charge in [0, 0.05) is 24.8 Å². The molecule has 1 saturated carbocycles. The van der Waals surface area contributed by atoms with Crippen molar-refractivity contribution in [3.63, 3.8) is 0 Å². The van der Waals surface area contributed by atoms with Crippen LogP contribution in [0.15, 0.2) is 24.3 Å². The molecule has 2 rings (SSSR count). The van der Waals surface area contributed by atoms with Crippen molar-refractivity contribution < 1.29 is 13.2 Å². The highest BCUT2D eigenvalue weighted by Crippen LogP contribution is 2.29.